The number of amides is 1. The molecule has 0 radical (unpaired) electrons. The van der Waals surface area contributed by atoms with Gasteiger partial charge in [-0.1, -0.05) is 11.2 Å². The van der Waals surface area contributed by atoms with Gasteiger partial charge in [0.1, 0.15) is 6.04 Å². The number of aromatic nitrogens is 4. The second kappa shape index (κ2) is 7.70. The van der Waals surface area contributed by atoms with E-state index in [4.69, 9.17) is 8.94 Å². The van der Waals surface area contributed by atoms with Crippen LogP contribution in [0.1, 0.15) is 30.8 Å². The Morgan fingerprint density at radius 1 is 1.24 bits per heavy atom. The minimum absolute atomic E-state index is 0.109. The summed E-state index contributed by atoms with van der Waals surface area (Å²) in [6, 6.07) is 8.56. The van der Waals surface area contributed by atoms with Gasteiger partial charge in [0.25, 0.3) is 0 Å². The number of aryl methyl sites for hydroxylation is 2. The van der Waals surface area contributed by atoms with E-state index in [0.717, 1.165) is 11.1 Å². The first-order valence-corrected chi connectivity index (χ1v) is 9.14. The molecular weight excluding hydrogens is 374 g/mol. The Hall–Kier alpha value is -3.75. The fourth-order valence-electron chi connectivity index (χ4n) is 3.00. The fraction of sp³-hybridized carbons (Fsp3) is 0.250. The van der Waals surface area contributed by atoms with Gasteiger partial charge in [0.05, 0.1) is 5.52 Å². The number of hydrogen-bond acceptors (Lipinski definition) is 7. The van der Waals surface area contributed by atoms with Crippen LogP contribution in [0.5, 0.6) is 0 Å². The lowest BCUT2D eigenvalue weighted by atomic mass is 10.2. The first-order chi connectivity index (χ1) is 14.0. The Balaban J connectivity index is 1.40. The monoisotopic (exact) mass is 393 g/mol. The van der Waals surface area contributed by atoms with Gasteiger partial charge < -0.3 is 14.3 Å². The van der Waals surface area contributed by atoms with Crippen LogP contribution in [0, 0.1) is 6.92 Å². The molecule has 9 heteroatoms. The molecule has 4 aromatic rings. The highest BCUT2D eigenvalue weighted by atomic mass is 16.5. The molecule has 1 aromatic carbocycles. The normalized spacial score (nSPS) is 12.2. The number of nitrogens with one attached hydrogen (secondary N) is 1. The van der Waals surface area contributed by atoms with Crippen LogP contribution in [0.2, 0.25) is 0 Å². The molecule has 0 spiro atoms. The van der Waals surface area contributed by atoms with Crippen molar-refractivity contribution < 1.29 is 13.7 Å². The third-order valence-electron chi connectivity index (χ3n) is 4.51. The number of oxazole rings is 1. The van der Waals surface area contributed by atoms with Gasteiger partial charge in [-0.3, -0.25) is 14.3 Å². The summed E-state index contributed by atoms with van der Waals surface area (Å²) < 4.78 is 11.9. The van der Waals surface area contributed by atoms with Crippen molar-refractivity contribution in [3.8, 4) is 11.4 Å². The Labute approximate surface area is 165 Å². The number of rotatable bonds is 6. The van der Waals surface area contributed by atoms with Crippen LogP contribution in [0.15, 0.2) is 56.5 Å². The number of carbonyl (C=O) groups is 1. The zero-order valence-corrected chi connectivity index (χ0v) is 16.0. The van der Waals surface area contributed by atoms with Crippen LogP contribution in [0.25, 0.3) is 22.5 Å². The molecule has 0 saturated heterocycles. The third-order valence-corrected chi connectivity index (χ3v) is 4.51. The number of benzene rings is 1. The number of carbonyl (C=O) groups excluding carboxylic acids is 1. The summed E-state index contributed by atoms with van der Waals surface area (Å²) in [6.45, 7) is 3.89. The van der Waals surface area contributed by atoms with Crippen LogP contribution in [0.4, 0.5) is 0 Å². The predicted molar refractivity (Wildman–Crippen MR) is 104 cm³/mol. The minimum atomic E-state index is -0.481. The van der Waals surface area contributed by atoms with Crippen molar-refractivity contribution >= 4 is 17.0 Å². The summed E-state index contributed by atoms with van der Waals surface area (Å²) in [5, 5.41) is 6.74. The Bertz CT molecular complexity index is 1210. The number of pyridine rings is 1. The van der Waals surface area contributed by atoms with E-state index in [2.05, 4.69) is 20.4 Å². The molecule has 148 valence electrons. The molecule has 9 nitrogen and oxygen atoms in total. The Morgan fingerprint density at radius 3 is 2.83 bits per heavy atom. The van der Waals surface area contributed by atoms with Gasteiger partial charge in [-0.15, -0.1) is 0 Å². The van der Waals surface area contributed by atoms with E-state index in [0.29, 0.717) is 22.8 Å². The third kappa shape index (κ3) is 3.93. The lowest BCUT2D eigenvalue weighted by Crippen LogP contribution is -2.28. The second-order valence-electron chi connectivity index (χ2n) is 6.72. The van der Waals surface area contributed by atoms with Crippen LogP contribution in [-0.2, 0) is 11.3 Å². The zero-order chi connectivity index (χ0) is 20.4. The molecule has 0 saturated carbocycles. The van der Waals surface area contributed by atoms with Gasteiger partial charge in [0, 0.05) is 30.9 Å². The first-order valence-electron chi connectivity index (χ1n) is 9.14. The van der Waals surface area contributed by atoms with Crippen LogP contribution >= 0.6 is 0 Å². The molecule has 1 amide bonds. The summed E-state index contributed by atoms with van der Waals surface area (Å²) in [7, 11) is 0. The van der Waals surface area contributed by atoms with E-state index in [1.807, 2.05) is 19.1 Å². The fourth-order valence-corrected chi connectivity index (χ4v) is 3.00. The largest absolute Gasteiger partial charge is 0.419 e. The maximum absolute atomic E-state index is 12.4. The van der Waals surface area contributed by atoms with E-state index >= 15 is 0 Å². The van der Waals surface area contributed by atoms with Crippen LogP contribution < -0.4 is 11.1 Å². The van der Waals surface area contributed by atoms with Gasteiger partial charge in [-0.05, 0) is 43.7 Å². The molecule has 0 aliphatic heterocycles. The van der Waals surface area contributed by atoms with Crippen molar-refractivity contribution in [2.24, 2.45) is 0 Å². The summed E-state index contributed by atoms with van der Waals surface area (Å²) in [5.41, 5.74) is 2.96. The lowest BCUT2D eigenvalue weighted by Gasteiger charge is -2.09. The highest BCUT2D eigenvalue weighted by molar-refractivity contribution is 5.77. The predicted octanol–water partition coefficient (Wildman–Crippen LogP) is 2.62. The maximum atomic E-state index is 12.4. The molecule has 3 heterocycles. The van der Waals surface area contributed by atoms with Crippen molar-refractivity contribution in [3.05, 3.63) is 64.7 Å². The quantitative estimate of drug-likeness (QED) is 0.535. The van der Waals surface area contributed by atoms with Crippen LogP contribution in [-0.4, -0.2) is 25.6 Å². The van der Waals surface area contributed by atoms with Gasteiger partial charge in [-0.25, -0.2) is 4.79 Å². The highest BCUT2D eigenvalue weighted by Crippen LogP contribution is 2.18. The van der Waals surface area contributed by atoms with Crippen molar-refractivity contribution in [3.63, 3.8) is 0 Å². The lowest BCUT2D eigenvalue weighted by molar-refractivity contribution is -0.122. The summed E-state index contributed by atoms with van der Waals surface area (Å²) in [5.74, 6) is 0.00223. The molecule has 1 atom stereocenters. The molecule has 1 N–H and O–H groups in total. The average molecular weight is 393 g/mol. The van der Waals surface area contributed by atoms with Gasteiger partial charge in [-0.2, -0.15) is 4.98 Å². The summed E-state index contributed by atoms with van der Waals surface area (Å²) in [4.78, 5) is 32.7. The molecule has 0 aliphatic rings. The molecule has 0 bridgehead atoms. The van der Waals surface area contributed by atoms with E-state index in [1.54, 1.807) is 37.5 Å². The van der Waals surface area contributed by atoms with Crippen molar-refractivity contribution in [1.29, 1.82) is 0 Å². The number of hydrogen-bond donors (Lipinski definition) is 1. The van der Waals surface area contributed by atoms with E-state index in [9.17, 15) is 9.59 Å². The number of fused-ring (bicyclic) bond motifs is 1. The highest BCUT2D eigenvalue weighted by Gasteiger charge is 2.18. The first kappa shape index (κ1) is 18.6. The Morgan fingerprint density at radius 2 is 2.03 bits per heavy atom. The van der Waals surface area contributed by atoms with Crippen LogP contribution in [0.3, 0.4) is 0 Å². The number of nitrogens with zero attached hydrogens (tertiary/aromatic N) is 4. The van der Waals surface area contributed by atoms with Gasteiger partial charge in [0.15, 0.2) is 5.58 Å². The SMILES string of the molecule is Cc1ccc2oc(=O)n(CCC(=O)N[C@@H](C)c3nc(-c4ccncc4)no3)c2c1. The molecule has 0 aliphatic carbocycles. The van der Waals surface area contributed by atoms with Gasteiger partial charge >= 0.3 is 5.76 Å². The second-order valence-corrected chi connectivity index (χ2v) is 6.72. The molecule has 29 heavy (non-hydrogen) atoms. The van der Waals surface area contributed by atoms with E-state index in [-0.39, 0.29) is 18.9 Å². The smallest absolute Gasteiger partial charge is 0.408 e. The van der Waals surface area contributed by atoms with Gasteiger partial charge in [0.2, 0.25) is 17.6 Å². The average Bonchev–Trinajstić information content (AvgIpc) is 3.32. The van der Waals surface area contributed by atoms with Crippen molar-refractivity contribution in [2.75, 3.05) is 0 Å². The van der Waals surface area contributed by atoms with E-state index in [1.165, 1.54) is 4.57 Å². The molecular formula is C20H19N5O4. The summed E-state index contributed by atoms with van der Waals surface area (Å²) in [6.07, 6.45) is 3.39. The van der Waals surface area contributed by atoms with Crippen molar-refractivity contribution in [2.45, 2.75) is 32.9 Å². The molecule has 3 aromatic heterocycles. The molecule has 4 rings (SSSR count). The van der Waals surface area contributed by atoms with Crippen molar-refractivity contribution in [1.82, 2.24) is 25.0 Å². The van der Waals surface area contributed by atoms with E-state index < -0.39 is 11.8 Å². The standard InChI is InChI=1S/C20H19N5O4/c1-12-3-4-16-15(11-12)25(20(27)28-16)10-7-17(26)22-13(2)19-23-18(24-29-19)14-5-8-21-9-6-14/h3-6,8-9,11,13H,7,10H2,1-2H3,(H,22,26)/t13-/m0/s1. The zero-order valence-electron chi connectivity index (χ0n) is 16.0. The molecule has 0 unspecified atom stereocenters. The maximum Gasteiger partial charge on any atom is 0.419 e. The topological polar surface area (TPSA) is 116 Å². The Kier molecular flexibility index (Phi) is 4.94. The minimum Gasteiger partial charge on any atom is -0.408 e. The summed E-state index contributed by atoms with van der Waals surface area (Å²) >= 11 is 0. The molecule has 0 fully saturated rings.